The molecule has 1 saturated heterocycles. The average Bonchev–Trinajstić information content (AvgIpc) is 2.49. The van der Waals surface area contributed by atoms with Crippen molar-refractivity contribution in [3.8, 4) is 6.07 Å². The zero-order valence-corrected chi connectivity index (χ0v) is 12.3. The molecule has 0 bridgehead atoms. The molecule has 20 heavy (non-hydrogen) atoms. The first kappa shape index (κ1) is 15.0. The first-order valence-corrected chi connectivity index (χ1v) is 7.14. The smallest absolute Gasteiger partial charge is 0.0991 e. The van der Waals surface area contributed by atoms with Gasteiger partial charge in [0.2, 0.25) is 0 Å². The molecule has 0 amide bonds. The Morgan fingerprint density at radius 2 is 1.90 bits per heavy atom. The molecule has 108 valence electrons. The van der Waals surface area contributed by atoms with Gasteiger partial charge in [-0.2, -0.15) is 5.26 Å². The van der Waals surface area contributed by atoms with Crippen LogP contribution in [0.4, 0.5) is 0 Å². The third-order valence-corrected chi connectivity index (χ3v) is 4.02. The van der Waals surface area contributed by atoms with Crippen LogP contribution in [0, 0.1) is 16.7 Å². The lowest BCUT2D eigenvalue weighted by Crippen LogP contribution is -2.49. The van der Waals surface area contributed by atoms with E-state index in [9.17, 15) is 5.11 Å². The topological polar surface area (TPSA) is 59.3 Å². The fourth-order valence-corrected chi connectivity index (χ4v) is 2.92. The minimum absolute atomic E-state index is 0.140. The van der Waals surface area contributed by atoms with Crippen molar-refractivity contribution in [3.05, 3.63) is 35.4 Å². The SMILES string of the molecule is CC(C)(CO)[C@H](c1ccc(C#N)cc1)N1CCNCC1. The summed E-state index contributed by atoms with van der Waals surface area (Å²) in [5.41, 5.74) is 1.63. The number of aliphatic hydroxyl groups excluding tert-OH is 1. The number of hydrogen-bond acceptors (Lipinski definition) is 4. The lowest BCUT2D eigenvalue weighted by Gasteiger charge is -2.43. The second-order valence-electron chi connectivity index (χ2n) is 6.07. The summed E-state index contributed by atoms with van der Waals surface area (Å²) in [4.78, 5) is 2.42. The number of nitriles is 1. The third-order valence-electron chi connectivity index (χ3n) is 4.02. The lowest BCUT2D eigenvalue weighted by atomic mass is 9.79. The Bertz CT molecular complexity index is 469. The summed E-state index contributed by atoms with van der Waals surface area (Å²) in [6.07, 6.45) is 0. The Kier molecular flexibility index (Phi) is 4.77. The van der Waals surface area contributed by atoms with Gasteiger partial charge >= 0.3 is 0 Å². The fourth-order valence-electron chi connectivity index (χ4n) is 2.92. The highest BCUT2D eigenvalue weighted by Crippen LogP contribution is 2.38. The second kappa shape index (κ2) is 6.36. The molecule has 4 nitrogen and oxygen atoms in total. The van der Waals surface area contributed by atoms with Crippen LogP contribution in [-0.4, -0.2) is 42.8 Å². The van der Waals surface area contributed by atoms with Crippen LogP contribution >= 0.6 is 0 Å². The molecule has 1 aliphatic heterocycles. The minimum atomic E-state index is -0.217. The van der Waals surface area contributed by atoms with Crippen molar-refractivity contribution in [1.29, 1.82) is 5.26 Å². The number of benzene rings is 1. The van der Waals surface area contributed by atoms with Crippen molar-refractivity contribution in [2.24, 2.45) is 5.41 Å². The van der Waals surface area contributed by atoms with Gasteiger partial charge < -0.3 is 10.4 Å². The molecule has 2 N–H and O–H groups in total. The number of nitrogens with zero attached hydrogens (tertiary/aromatic N) is 2. The number of piperazine rings is 1. The van der Waals surface area contributed by atoms with E-state index in [0.29, 0.717) is 5.56 Å². The molecule has 0 unspecified atom stereocenters. The summed E-state index contributed by atoms with van der Waals surface area (Å²) in [6, 6.07) is 10.1. The van der Waals surface area contributed by atoms with Crippen molar-refractivity contribution in [3.63, 3.8) is 0 Å². The molecule has 0 saturated carbocycles. The zero-order chi connectivity index (χ0) is 14.6. The van der Waals surface area contributed by atoms with Crippen LogP contribution in [0.2, 0.25) is 0 Å². The summed E-state index contributed by atoms with van der Waals surface area (Å²) >= 11 is 0. The molecule has 1 fully saturated rings. The quantitative estimate of drug-likeness (QED) is 0.873. The van der Waals surface area contributed by atoms with Crippen LogP contribution in [0.1, 0.15) is 31.0 Å². The molecule has 1 aromatic rings. The molecule has 1 aliphatic rings. The molecule has 1 aromatic carbocycles. The maximum atomic E-state index is 9.76. The second-order valence-corrected chi connectivity index (χ2v) is 6.07. The molecule has 0 aliphatic carbocycles. The Morgan fingerprint density at radius 3 is 2.40 bits per heavy atom. The van der Waals surface area contributed by atoms with Crippen LogP contribution < -0.4 is 5.32 Å². The van der Waals surface area contributed by atoms with Gasteiger partial charge in [-0.05, 0) is 17.7 Å². The number of rotatable bonds is 4. The number of hydrogen-bond donors (Lipinski definition) is 2. The van der Waals surface area contributed by atoms with Gasteiger partial charge in [0, 0.05) is 44.2 Å². The highest BCUT2D eigenvalue weighted by atomic mass is 16.3. The molecule has 1 atom stereocenters. The van der Waals surface area contributed by atoms with Gasteiger partial charge in [-0.3, -0.25) is 4.90 Å². The van der Waals surface area contributed by atoms with Crippen molar-refractivity contribution >= 4 is 0 Å². The van der Waals surface area contributed by atoms with Crippen LogP contribution in [0.3, 0.4) is 0 Å². The predicted octanol–water partition coefficient (Wildman–Crippen LogP) is 1.52. The van der Waals surface area contributed by atoms with E-state index >= 15 is 0 Å². The normalized spacial score (nSPS) is 18.5. The van der Waals surface area contributed by atoms with E-state index in [1.165, 1.54) is 5.56 Å². The third kappa shape index (κ3) is 3.18. The summed E-state index contributed by atoms with van der Waals surface area (Å²) in [7, 11) is 0. The van der Waals surface area contributed by atoms with E-state index in [0.717, 1.165) is 26.2 Å². The van der Waals surface area contributed by atoms with Gasteiger partial charge in [-0.25, -0.2) is 0 Å². The lowest BCUT2D eigenvalue weighted by molar-refractivity contribution is 0.0305. The number of nitrogens with one attached hydrogen (secondary N) is 1. The Balaban J connectivity index is 2.32. The highest BCUT2D eigenvalue weighted by Gasteiger charge is 2.35. The minimum Gasteiger partial charge on any atom is -0.396 e. The highest BCUT2D eigenvalue weighted by molar-refractivity contribution is 5.33. The fraction of sp³-hybridized carbons (Fsp3) is 0.562. The molecule has 1 heterocycles. The largest absolute Gasteiger partial charge is 0.396 e. The van der Waals surface area contributed by atoms with Gasteiger partial charge in [-0.15, -0.1) is 0 Å². The Labute approximate surface area is 121 Å². The van der Waals surface area contributed by atoms with Gasteiger partial charge in [0.1, 0.15) is 0 Å². The van der Waals surface area contributed by atoms with E-state index in [1.807, 2.05) is 24.3 Å². The van der Waals surface area contributed by atoms with Crippen molar-refractivity contribution < 1.29 is 5.11 Å². The van der Waals surface area contributed by atoms with E-state index in [1.54, 1.807) is 0 Å². The zero-order valence-electron chi connectivity index (χ0n) is 12.3. The predicted molar refractivity (Wildman–Crippen MR) is 79.2 cm³/mol. The van der Waals surface area contributed by atoms with E-state index in [4.69, 9.17) is 5.26 Å². The molecular formula is C16H23N3O. The van der Waals surface area contributed by atoms with E-state index in [-0.39, 0.29) is 18.1 Å². The van der Waals surface area contributed by atoms with Gasteiger partial charge in [0.05, 0.1) is 11.6 Å². The van der Waals surface area contributed by atoms with Gasteiger partial charge in [-0.1, -0.05) is 26.0 Å². The molecular weight excluding hydrogens is 250 g/mol. The van der Waals surface area contributed by atoms with Gasteiger partial charge in [0.25, 0.3) is 0 Å². The van der Waals surface area contributed by atoms with Crippen LogP contribution in [-0.2, 0) is 0 Å². The average molecular weight is 273 g/mol. The summed E-state index contributed by atoms with van der Waals surface area (Å²) in [6.45, 7) is 8.25. The van der Waals surface area contributed by atoms with Crippen LogP contribution in [0.5, 0.6) is 0 Å². The first-order valence-electron chi connectivity index (χ1n) is 7.14. The van der Waals surface area contributed by atoms with E-state index < -0.39 is 0 Å². The maximum Gasteiger partial charge on any atom is 0.0991 e. The van der Waals surface area contributed by atoms with Crippen molar-refractivity contribution in [2.75, 3.05) is 32.8 Å². The summed E-state index contributed by atoms with van der Waals surface area (Å²) in [5.74, 6) is 0. The summed E-state index contributed by atoms with van der Waals surface area (Å²) in [5, 5.41) is 22.0. The molecule has 0 aromatic heterocycles. The maximum absolute atomic E-state index is 9.76. The van der Waals surface area contributed by atoms with Crippen LogP contribution in [0.25, 0.3) is 0 Å². The monoisotopic (exact) mass is 273 g/mol. The van der Waals surface area contributed by atoms with Crippen molar-refractivity contribution in [1.82, 2.24) is 10.2 Å². The van der Waals surface area contributed by atoms with E-state index in [2.05, 4.69) is 30.1 Å². The van der Waals surface area contributed by atoms with Gasteiger partial charge in [0.15, 0.2) is 0 Å². The van der Waals surface area contributed by atoms with Crippen LogP contribution in [0.15, 0.2) is 24.3 Å². The molecule has 0 spiro atoms. The molecule has 4 heteroatoms. The molecule has 2 rings (SSSR count). The first-order chi connectivity index (χ1) is 9.58. The Morgan fingerprint density at radius 1 is 1.30 bits per heavy atom. The summed E-state index contributed by atoms with van der Waals surface area (Å²) < 4.78 is 0. The standard InChI is InChI=1S/C16H23N3O/c1-16(2,12-20)15(19-9-7-18-8-10-19)14-5-3-13(11-17)4-6-14/h3-6,15,18,20H,7-10,12H2,1-2H3/t15-/m0/s1. The number of aliphatic hydroxyl groups is 1. The van der Waals surface area contributed by atoms with Crippen molar-refractivity contribution in [2.45, 2.75) is 19.9 Å². The Hall–Kier alpha value is -1.41. The molecule has 0 radical (unpaired) electrons.